The molecule has 2 amide bonds. The Hall–Kier alpha value is -1.72. The quantitative estimate of drug-likeness (QED) is 0.836. The third-order valence-electron chi connectivity index (χ3n) is 2.31. The Balaban J connectivity index is 2.49. The number of thiophene rings is 1. The summed E-state index contributed by atoms with van der Waals surface area (Å²) in [5.74, 6) is 5.62. The highest BCUT2D eigenvalue weighted by Gasteiger charge is 2.28. The van der Waals surface area contributed by atoms with Crippen LogP contribution in [0.1, 0.15) is 16.9 Å². The first-order valence-electron chi connectivity index (χ1n) is 6.04. The van der Waals surface area contributed by atoms with Crippen molar-refractivity contribution in [1.29, 1.82) is 0 Å². The standard InChI is InChI=1S/C13H15F3N2O2S/c1-18(12(20)17-9-13(14,15)16)7-10-6-11(21-8-10)4-2-3-5-19/h6,8,19H,3,5,7,9H2,1H3,(H,17,20). The van der Waals surface area contributed by atoms with E-state index in [0.717, 1.165) is 10.4 Å². The van der Waals surface area contributed by atoms with E-state index in [2.05, 4.69) is 11.8 Å². The minimum absolute atomic E-state index is 0.00660. The van der Waals surface area contributed by atoms with Gasteiger partial charge in [0.1, 0.15) is 6.54 Å². The average Bonchev–Trinajstić information content (AvgIpc) is 2.83. The lowest BCUT2D eigenvalue weighted by molar-refractivity contribution is -0.123. The lowest BCUT2D eigenvalue weighted by atomic mass is 10.3. The molecule has 0 bridgehead atoms. The first kappa shape index (κ1) is 17.3. The molecule has 1 aromatic rings. The number of urea groups is 1. The van der Waals surface area contributed by atoms with Crippen molar-refractivity contribution < 1.29 is 23.1 Å². The lowest BCUT2D eigenvalue weighted by Crippen LogP contribution is -2.41. The van der Waals surface area contributed by atoms with Gasteiger partial charge in [-0.1, -0.05) is 11.8 Å². The van der Waals surface area contributed by atoms with Crippen LogP contribution >= 0.6 is 11.3 Å². The van der Waals surface area contributed by atoms with E-state index >= 15 is 0 Å². The number of nitrogens with zero attached hydrogens (tertiary/aromatic N) is 1. The number of amides is 2. The van der Waals surface area contributed by atoms with Crippen LogP contribution in [0, 0.1) is 11.8 Å². The van der Waals surface area contributed by atoms with Gasteiger partial charge in [0.25, 0.3) is 0 Å². The second-order valence-corrected chi connectivity index (χ2v) is 5.14. The van der Waals surface area contributed by atoms with Gasteiger partial charge in [0.05, 0.1) is 11.5 Å². The maximum Gasteiger partial charge on any atom is 0.405 e. The van der Waals surface area contributed by atoms with Crippen molar-refractivity contribution in [1.82, 2.24) is 10.2 Å². The number of halogens is 3. The second kappa shape index (κ2) is 7.90. The molecule has 0 saturated carbocycles. The number of aliphatic hydroxyl groups excluding tert-OH is 1. The van der Waals surface area contributed by atoms with Gasteiger partial charge in [0, 0.05) is 20.0 Å². The summed E-state index contributed by atoms with van der Waals surface area (Å²) in [6.45, 7) is -1.16. The average molecular weight is 320 g/mol. The molecule has 0 spiro atoms. The zero-order chi connectivity index (χ0) is 15.9. The Morgan fingerprint density at radius 3 is 2.86 bits per heavy atom. The molecule has 0 aliphatic carbocycles. The number of aliphatic hydroxyl groups is 1. The molecule has 4 nitrogen and oxygen atoms in total. The first-order chi connectivity index (χ1) is 9.81. The van der Waals surface area contributed by atoms with E-state index in [1.54, 1.807) is 16.8 Å². The van der Waals surface area contributed by atoms with Crippen LogP contribution in [0.5, 0.6) is 0 Å². The number of hydrogen-bond donors (Lipinski definition) is 2. The van der Waals surface area contributed by atoms with E-state index in [1.807, 2.05) is 0 Å². The molecular weight excluding hydrogens is 305 g/mol. The normalized spacial score (nSPS) is 10.7. The summed E-state index contributed by atoms with van der Waals surface area (Å²) in [6.07, 6.45) is -4.04. The smallest absolute Gasteiger partial charge is 0.395 e. The van der Waals surface area contributed by atoms with Crippen molar-refractivity contribution >= 4 is 17.4 Å². The minimum atomic E-state index is -4.42. The minimum Gasteiger partial charge on any atom is -0.395 e. The SMILES string of the molecule is CN(Cc1csc(C#CCCO)c1)C(=O)NCC(F)(F)F. The fraction of sp³-hybridized carbons (Fsp3) is 0.462. The molecule has 116 valence electrons. The molecule has 21 heavy (non-hydrogen) atoms. The highest BCUT2D eigenvalue weighted by molar-refractivity contribution is 7.10. The van der Waals surface area contributed by atoms with Crippen LogP contribution in [0.15, 0.2) is 11.4 Å². The molecule has 1 heterocycles. The Morgan fingerprint density at radius 1 is 1.52 bits per heavy atom. The van der Waals surface area contributed by atoms with Gasteiger partial charge in [-0.05, 0) is 17.0 Å². The second-order valence-electron chi connectivity index (χ2n) is 4.22. The molecule has 2 N–H and O–H groups in total. The summed E-state index contributed by atoms with van der Waals surface area (Å²) in [4.78, 5) is 13.4. The molecule has 0 aromatic carbocycles. The van der Waals surface area contributed by atoms with Gasteiger partial charge < -0.3 is 15.3 Å². The molecule has 0 aliphatic heterocycles. The molecule has 0 aliphatic rings. The maximum atomic E-state index is 12.0. The van der Waals surface area contributed by atoms with Crippen LogP contribution in [0.2, 0.25) is 0 Å². The zero-order valence-corrected chi connectivity index (χ0v) is 12.1. The number of alkyl halides is 3. The van der Waals surface area contributed by atoms with Crippen LogP contribution in [-0.2, 0) is 6.54 Å². The third kappa shape index (κ3) is 7.02. The van der Waals surface area contributed by atoms with Crippen LogP contribution in [-0.4, -0.2) is 42.4 Å². The zero-order valence-electron chi connectivity index (χ0n) is 11.3. The highest BCUT2D eigenvalue weighted by Crippen LogP contribution is 2.16. The summed E-state index contributed by atoms with van der Waals surface area (Å²) in [7, 11) is 1.42. The third-order valence-corrected chi connectivity index (χ3v) is 3.20. The van der Waals surface area contributed by atoms with Crippen molar-refractivity contribution in [2.24, 2.45) is 0 Å². The first-order valence-corrected chi connectivity index (χ1v) is 6.92. The maximum absolute atomic E-state index is 12.0. The molecule has 1 aromatic heterocycles. The van der Waals surface area contributed by atoms with Crippen molar-refractivity contribution in [2.45, 2.75) is 19.1 Å². The summed E-state index contributed by atoms with van der Waals surface area (Å²) in [5, 5.41) is 12.2. The Bertz CT molecular complexity index is 531. The summed E-state index contributed by atoms with van der Waals surface area (Å²) >= 11 is 1.38. The van der Waals surface area contributed by atoms with Gasteiger partial charge in [0.2, 0.25) is 0 Å². The predicted octanol–water partition coefficient (Wildman–Crippen LogP) is 2.19. The highest BCUT2D eigenvalue weighted by atomic mass is 32.1. The molecule has 1 rings (SSSR count). The van der Waals surface area contributed by atoms with Crippen molar-refractivity contribution in [2.75, 3.05) is 20.2 Å². The Kier molecular flexibility index (Phi) is 6.52. The van der Waals surface area contributed by atoms with Crippen LogP contribution in [0.3, 0.4) is 0 Å². The fourth-order valence-electron chi connectivity index (χ4n) is 1.39. The largest absolute Gasteiger partial charge is 0.405 e. The summed E-state index contributed by atoms with van der Waals surface area (Å²) < 4.78 is 36.0. The summed E-state index contributed by atoms with van der Waals surface area (Å²) in [6, 6.07) is 0.981. The van der Waals surface area contributed by atoms with E-state index in [0.29, 0.717) is 6.42 Å². The number of rotatable bonds is 4. The Morgan fingerprint density at radius 2 is 2.24 bits per heavy atom. The Labute approximate surface area is 124 Å². The van der Waals surface area contributed by atoms with Crippen LogP contribution < -0.4 is 5.32 Å². The molecular formula is C13H15F3N2O2S. The topological polar surface area (TPSA) is 52.6 Å². The van der Waals surface area contributed by atoms with E-state index in [9.17, 15) is 18.0 Å². The summed E-state index contributed by atoms with van der Waals surface area (Å²) in [5.41, 5.74) is 0.790. The van der Waals surface area contributed by atoms with Gasteiger partial charge in [-0.2, -0.15) is 13.2 Å². The van der Waals surface area contributed by atoms with Crippen LogP contribution in [0.25, 0.3) is 0 Å². The number of carbonyl (C=O) groups is 1. The van der Waals surface area contributed by atoms with Gasteiger partial charge in [-0.3, -0.25) is 0 Å². The number of carbonyl (C=O) groups excluding carboxylic acids is 1. The molecule has 0 atom stereocenters. The van der Waals surface area contributed by atoms with Gasteiger partial charge in [0.15, 0.2) is 0 Å². The van der Waals surface area contributed by atoms with E-state index < -0.39 is 18.8 Å². The lowest BCUT2D eigenvalue weighted by Gasteiger charge is -2.18. The van der Waals surface area contributed by atoms with Crippen molar-refractivity contribution in [3.8, 4) is 11.8 Å². The fourth-order valence-corrected chi connectivity index (χ4v) is 2.16. The monoisotopic (exact) mass is 320 g/mol. The van der Waals surface area contributed by atoms with Gasteiger partial charge >= 0.3 is 12.2 Å². The van der Waals surface area contributed by atoms with E-state index in [4.69, 9.17) is 5.11 Å². The number of nitrogens with one attached hydrogen (secondary N) is 1. The van der Waals surface area contributed by atoms with Crippen LogP contribution in [0.4, 0.5) is 18.0 Å². The molecule has 0 fully saturated rings. The van der Waals surface area contributed by atoms with Crippen molar-refractivity contribution in [3.05, 3.63) is 21.9 Å². The molecule has 0 radical (unpaired) electrons. The van der Waals surface area contributed by atoms with E-state index in [-0.39, 0.29) is 13.2 Å². The number of hydrogen-bond acceptors (Lipinski definition) is 3. The molecule has 8 heteroatoms. The van der Waals surface area contributed by atoms with Gasteiger partial charge in [-0.25, -0.2) is 4.79 Å². The van der Waals surface area contributed by atoms with Crippen molar-refractivity contribution in [3.63, 3.8) is 0 Å². The molecule has 0 saturated heterocycles. The predicted molar refractivity (Wildman–Crippen MR) is 73.8 cm³/mol. The molecule has 0 unspecified atom stereocenters. The van der Waals surface area contributed by atoms with Gasteiger partial charge in [-0.15, -0.1) is 11.3 Å². The van der Waals surface area contributed by atoms with E-state index in [1.165, 1.54) is 23.3 Å².